The van der Waals surface area contributed by atoms with Crippen molar-refractivity contribution in [2.45, 2.75) is 36.9 Å². The fourth-order valence-corrected chi connectivity index (χ4v) is 4.41. The molecule has 8 heteroatoms. The largest absolute Gasteiger partial charge is 0.381 e. The van der Waals surface area contributed by atoms with Gasteiger partial charge in [0.15, 0.2) is 0 Å². The molecule has 0 spiro atoms. The van der Waals surface area contributed by atoms with Gasteiger partial charge in [-0.1, -0.05) is 11.6 Å². The third kappa shape index (κ3) is 2.65. The summed E-state index contributed by atoms with van der Waals surface area (Å²) in [4.78, 5) is 3.91. The molecule has 1 aromatic heterocycles. The minimum absolute atomic E-state index is 0.0700. The molecular weight excluding hydrogens is 290 g/mol. The average Bonchev–Trinajstić information content (AvgIpc) is 2.70. The lowest BCUT2D eigenvalue weighted by atomic mass is 10.0. The Morgan fingerprint density at radius 1 is 1.53 bits per heavy atom. The second-order valence-electron chi connectivity index (χ2n) is 4.80. The Bertz CT molecular complexity index is 558. The number of piperidine rings is 1. The quantitative estimate of drug-likeness (QED) is 0.843. The Labute approximate surface area is 118 Å². The van der Waals surface area contributed by atoms with Gasteiger partial charge in [-0.05, 0) is 19.8 Å². The van der Waals surface area contributed by atoms with Gasteiger partial charge in [0.05, 0.1) is 12.4 Å². The van der Waals surface area contributed by atoms with Gasteiger partial charge >= 0.3 is 0 Å². The molecule has 1 saturated heterocycles. The number of imidazole rings is 1. The zero-order chi connectivity index (χ0) is 14.2. The van der Waals surface area contributed by atoms with Crippen LogP contribution in [0, 0.1) is 0 Å². The van der Waals surface area contributed by atoms with Crippen molar-refractivity contribution in [1.29, 1.82) is 0 Å². The number of sulfonamides is 1. The Hall–Kier alpha value is -0.630. The van der Waals surface area contributed by atoms with Gasteiger partial charge in [-0.25, -0.2) is 13.4 Å². The summed E-state index contributed by atoms with van der Waals surface area (Å²) in [5.41, 5.74) is 0. The van der Waals surface area contributed by atoms with E-state index < -0.39 is 10.0 Å². The average molecular weight is 308 g/mol. The van der Waals surface area contributed by atoms with Crippen LogP contribution in [0.4, 0.5) is 0 Å². The van der Waals surface area contributed by atoms with Crippen LogP contribution in [-0.2, 0) is 21.8 Å². The molecule has 2 unspecified atom stereocenters. The highest BCUT2D eigenvalue weighted by molar-refractivity contribution is 7.89. The lowest BCUT2D eigenvalue weighted by molar-refractivity contribution is 0.0422. The summed E-state index contributed by atoms with van der Waals surface area (Å²) >= 11 is 5.99. The van der Waals surface area contributed by atoms with Gasteiger partial charge in [-0.3, -0.25) is 0 Å². The van der Waals surface area contributed by atoms with Crippen molar-refractivity contribution in [2.24, 2.45) is 7.05 Å². The molecule has 108 valence electrons. The fraction of sp³-hybridized carbons (Fsp3) is 0.727. The van der Waals surface area contributed by atoms with Gasteiger partial charge in [-0.15, -0.1) is 0 Å². The van der Waals surface area contributed by atoms with Crippen molar-refractivity contribution in [3.05, 3.63) is 11.5 Å². The summed E-state index contributed by atoms with van der Waals surface area (Å²) in [6, 6.07) is -0.123. The molecule has 1 aromatic rings. The number of aromatic nitrogens is 2. The summed E-state index contributed by atoms with van der Waals surface area (Å²) < 4.78 is 33.3. The summed E-state index contributed by atoms with van der Waals surface area (Å²) in [6.07, 6.45) is 2.88. The van der Waals surface area contributed by atoms with E-state index in [4.69, 9.17) is 16.3 Å². The lowest BCUT2D eigenvalue weighted by Gasteiger charge is -2.35. The predicted octanol–water partition coefficient (Wildman–Crippen LogP) is 1.26. The topological polar surface area (TPSA) is 64.4 Å². The minimum Gasteiger partial charge on any atom is -0.381 e. The number of ether oxygens (including phenoxy) is 1. The van der Waals surface area contributed by atoms with Crippen molar-refractivity contribution < 1.29 is 13.2 Å². The van der Waals surface area contributed by atoms with Crippen LogP contribution in [0.1, 0.15) is 19.8 Å². The van der Waals surface area contributed by atoms with E-state index in [1.165, 1.54) is 15.2 Å². The Balaban J connectivity index is 2.28. The fourth-order valence-electron chi connectivity index (χ4n) is 2.36. The molecule has 0 amide bonds. The SMILES string of the molecule is COC1CCN(S(=O)(=O)c2ncn(C)c2Cl)C(C)C1. The van der Waals surface area contributed by atoms with Crippen LogP contribution in [-0.4, -0.2) is 48.1 Å². The predicted molar refractivity (Wildman–Crippen MR) is 71.6 cm³/mol. The van der Waals surface area contributed by atoms with Crippen molar-refractivity contribution in [3.8, 4) is 0 Å². The number of aryl methyl sites for hydroxylation is 1. The van der Waals surface area contributed by atoms with E-state index in [2.05, 4.69) is 4.98 Å². The third-order valence-electron chi connectivity index (χ3n) is 3.49. The van der Waals surface area contributed by atoms with Crippen molar-refractivity contribution in [1.82, 2.24) is 13.9 Å². The molecule has 0 saturated carbocycles. The van der Waals surface area contributed by atoms with E-state index in [9.17, 15) is 8.42 Å². The summed E-state index contributed by atoms with van der Waals surface area (Å²) in [5, 5.41) is 0.0699. The molecule has 2 rings (SSSR count). The number of methoxy groups -OCH3 is 1. The molecule has 1 aliphatic heterocycles. The van der Waals surface area contributed by atoms with Gasteiger partial charge < -0.3 is 9.30 Å². The van der Waals surface area contributed by atoms with Crippen molar-refractivity contribution in [2.75, 3.05) is 13.7 Å². The Morgan fingerprint density at radius 3 is 2.68 bits per heavy atom. The highest BCUT2D eigenvalue weighted by Gasteiger charge is 2.37. The lowest BCUT2D eigenvalue weighted by Crippen LogP contribution is -2.46. The molecule has 0 bridgehead atoms. The minimum atomic E-state index is -3.64. The first-order valence-electron chi connectivity index (χ1n) is 6.09. The normalized spacial score (nSPS) is 25.7. The number of hydrogen-bond acceptors (Lipinski definition) is 4. The molecular formula is C11H18ClN3O3S. The van der Waals surface area contributed by atoms with E-state index in [1.807, 2.05) is 6.92 Å². The second kappa shape index (κ2) is 5.40. The van der Waals surface area contributed by atoms with Gasteiger partial charge in [0.1, 0.15) is 5.15 Å². The summed E-state index contributed by atoms with van der Waals surface area (Å²) in [6.45, 7) is 2.30. The maximum absolute atomic E-state index is 12.6. The molecule has 1 fully saturated rings. The van der Waals surface area contributed by atoms with Crippen LogP contribution < -0.4 is 0 Å². The monoisotopic (exact) mass is 307 g/mol. The first-order valence-corrected chi connectivity index (χ1v) is 7.91. The van der Waals surface area contributed by atoms with Gasteiger partial charge in [0, 0.05) is 26.7 Å². The van der Waals surface area contributed by atoms with Crippen molar-refractivity contribution >= 4 is 21.6 Å². The summed E-state index contributed by atoms with van der Waals surface area (Å²) in [5.74, 6) is 0. The molecule has 1 aliphatic rings. The number of hydrogen-bond donors (Lipinski definition) is 0. The first-order chi connectivity index (χ1) is 8.87. The Morgan fingerprint density at radius 2 is 2.21 bits per heavy atom. The van der Waals surface area contributed by atoms with Crippen LogP contribution in [0.15, 0.2) is 11.4 Å². The number of halogens is 1. The van der Waals surface area contributed by atoms with E-state index in [0.29, 0.717) is 19.4 Å². The molecule has 2 atom stereocenters. The molecule has 19 heavy (non-hydrogen) atoms. The second-order valence-corrected chi connectivity index (χ2v) is 6.96. The van der Waals surface area contributed by atoms with Gasteiger partial charge in [0.25, 0.3) is 10.0 Å². The van der Waals surface area contributed by atoms with Gasteiger partial charge in [-0.2, -0.15) is 4.31 Å². The maximum atomic E-state index is 12.6. The summed E-state index contributed by atoms with van der Waals surface area (Å²) in [7, 11) is -0.327. The third-order valence-corrected chi connectivity index (χ3v) is 5.99. The van der Waals surface area contributed by atoms with E-state index >= 15 is 0 Å². The molecule has 2 heterocycles. The zero-order valence-corrected chi connectivity index (χ0v) is 12.8. The number of rotatable bonds is 3. The number of nitrogens with zero attached hydrogens (tertiary/aromatic N) is 3. The zero-order valence-electron chi connectivity index (χ0n) is 11.2. The smallest absolute Gasteiger partial charge is 0.263 e. The van der Waals surface area contributed by atoms with E-state index in [-0.39, 0.29) is 22.3 Å². The molecule has 0 aromatic carbocycles. The van der Waals surface area contributed by atoms with Crippen LogP contribution in [0.5, 0.6) is 0 Å². The van der Waals surface area contributed by atoms with Crippen LogP contribution >= 0.6 is 11.6 Å². The standard InChI is InChI=1S/C11H18ClN3O3S/c1-8-6-9(18-3)4-5-15(8)19(16,17)11-10(12)14(2)7-13-11/h7-9H,4-6H2,1-3H3. The highest BCUT2D eigenvalue weighted by Crippen LogP contribution is 2.28. The van der Waals surface area contributed by atoms with Crippen LogP contribution in [0.25, 0.3) is 0 Å². The Kier molecular flexibility index (Phi) is 4.20. The molecule has 0 radical (unpaired) electrons. The maximum Gasteiger partial charge on any atom is 0.263 e. The molecule has 6 nitrogen and oxygen atoms in total. The van der Waals surface area contributed by atoms with Gasteiger partial charge in [0.2, 0.25) is 5.03 Å². The van der Waals surface area contributed by atoms with Crippen molar-refractivity contribution in [3.63, 3.8) is 0 Å². The molecule has 0 N–H and O–H groups in total. The van der Waals surface area contributed by atoms with Crippen LogP contribution in [0.3, 0.4) is 0 Å². The van der Waals surface area contributed by atoms with Crippen LogP contribution in [0.2, 0.25) is 5.15 Å². The van der Waals surface area contributed by atoms with E-state index in [0.717, 1.165) is 0 Å². The highest BCUT2D eigenvalue weighted by atomic mass is 35.5. The molecule has 0 aliphatic carbocycles. The first kappa shape index (κ1) is 14.8. The van der Waals surface area contributed by atoms with E-state index in [1.54, 1.807) is 14.2 Å².